The van der Waals surface area contributed by atoms with Crippen LogP contribution in [0.1, 0.15) is 19.5 Å². The maximum Gasteiger partial charge on any atom is 0.336 e. The fourth-order valence-corrected chi connectivity index (χ4v) is 3.62. The second kappa shape index (κ2) is 7.24. The quantitative estimate of drug-likeness (QED) is 0.711. The van der Waals surface area contributed by atoms with Gasteiger partial charge in [0.2, 0.25) is 5.88 Å². The number of methoxy groups -OCH3 is 1. The molecule has 0 unspecified atom stereocenters. The number of hydrogen-bond donors (Lipinski definition) is 0. The van der Waals surface area contributed by atoms with E-state index < -0.39 is 7.60 Å². The smallest absolute Gasteiger partial charge is 0.336 e. The van der Waals surface area contributed by atoms with Gasteiger partial charge in [-0.15, -0.1) is 0 Å². The average Bonchev–Trinajstić information content (AvgIpc) is 2.32. The lowest BCUT2D eigenvalue weighted by atomic mass is 10.4. The highest BCUT2D eigenvalue weighted by atomic mass is 79.9. The molecule has 0 radical (unpaired) electrons. The van der Waals surface area contributed by atoms with Crippen molar-refractivity contribution in [3.05, 3.63) is 22.3 Å². The van der Waals surface area contributed by atoms with Crippen molar-refractivity contribution < 1.29 is 18.3 Å². The summed E-state index contributed by atoms with van der Waals surface area (Å²) < 4.78 is 28.7. The molecule has 0 spiro atoms. The third-order valence-corrected chi connectivity index (χ3v) is 4.81. The Labute approximate surface area is 116 Å². The fourth-order valence-electron chi connectivity index (χ4n) is 1.39. The molecule has 0 saturated carbocycles. The van der Waals surface area contributed by atoms with Crippen molar-refractivity contribution in [3.63, 3.8) is 0 Å². The summed E-state index contributed by atoms with van der Waals surface area (Å²) in [7, 11) is -1.61. The van der Waals surface area contributed by atoms with E-state index >= 15 is 0 Å². The van der Waals surface area contributed by atoms with Gasteiger partial charge in [-0.1, -0.05) is 0 Å². The topological polar surface area (TPSA) is 57.7 Å². The normalized spacial score (nSPS) is 11.6. The minimum absolute atomic E-state index is 0.118. The molecule has 1 heterocycles. The summed E-state index contributed by atoms with van der Waals surface area (Å²) in [6.45, 7) is 4.22. The summed E-state index contributed by atoms with van der Waals surface area (Å²) in [5.74, 6) is 0.466. The minimum Gasteiger partial charge on any atom is -0.481 e. The van der Waals surface area contributed by atoms with E-state index in [1.54, 1.807) is 26.0 Å². The van der Waals surface area contributed by atoms with Gasteiger partial charge in [-0.2, -0.15) is 0 Å². The van der Waals surface area contributed by atoms with Crippen molar-refractivity contribution in [1.82, 2.24) is 4.98 Å². The summed E-state index contributed by atoms with van der Waals surface area (Å²) in [4.78, 5) is 4.24. The Morgan fingerprint density at radius 3 is 2.39 bits per heavy atom. The maximum atomic E-state index is 12.4. The van der Waals surface area contributed by atoms with E-state index in [4.69, 9.17) is 13.8 Å². The van der Waals surface area contributed by atoms with Gasteiger partial charge in [-0.05, 0) is 35.8 Å². The van der Waals surface area contributed by atoms with Crippen LogP contribution in [0.25, 0.3) is 0 Å². The highest BCUT2D eigenvalue weighted by Gasteiger charge is 2.26. The van der Waals surface area contributed by atoms with Gasteiger partial charge in [-0.3, -0.25) is 4.57 Å². The van der Waals surface area contributed by atoms with E-state index in [2.05, 4.69) is 20.9 Å². The fraction of sp³-hybridized carbons (Fsp3) is 0.545. The molecule has 102 valence electrons. The van der Waals surface area contributed by atoms with Crippen LogP contribution < -0.4 is 4.74 Å². The summed E-state index contributed by atoms with van der Waals surface area (Å²) >= 11 is 3.36. The zero-order valence-corrected chi connectivity index (χ0v) is 13.2. The molecule has 0 N–H and O–H groups in total. The van der Waals surface area contributed by atoms with Gasteiger partial charge >= 0.3 is 7.60 Å². The summed E-state index contributed by atoms with van der Waals surface area (Å²) in [6, 6.07) is 3.52. The third-order valence-electron chi connectivity index (χ3n) is 2.10. The van der Waals surface area contributed by atoms with E-state index in [9.17, 15) is 4.57 Å². The number of hydrogen-bond acceptors (Lipinski definition) is 5. The first-order valence-electron chi connectivity index (χ1n) is 5.62. The highest BCUT2D eigenvalue weighted by Crippen LogP contribution is 2.51. The molecule has 1 rings (SSSR count). The van der Waals surface area contributed by atoms with Gasteiger partial charge in [0.15, 0.2) is 0 Å². The lowest BCUT2D eigenvalue weighted by Gasteiger charge is -2.17. The summed E-state index contributed by atoms with van der Waals surface area (Å²) in [5, 5.41) is 0. The van der Waals surface area contributed by atoms with Crippen LogP contribution >= 0.6 is 23.5 Å². The van der Waals surface area contributed by atoms with Crippen LogP contribution in [0.3, 0.4) is 0 Å². The number of rotatable bonds is 7. The van der Waals surface area contributed by atoms with Crippen molar-refractivity contribution in [1.29, 1.82) is 0 Å². The van der Waals surface area contributed by atoms with Crippen molar-refractivity contribution >= 4 is 23.5 Å². The largest absolute Gasteiger partial charge is 0.481 e. The number of nitrogens with zero attached hydrogens (tertiary/aromatic N) is 1. The molecule has 0 atom stereocenters. The zero-order chi connectivity index (χ0) is 13.6. The van der Waals surface area contributed by atoms with Crippen LogP contribution in [0.5, 0.6) is 5.88 Å². The molecule has 0 aromatic carbocycles. The number of aromatic nitrogens is 1. The molecule has 0 fully saturated rings. The first-order valence-corrected chi connectivity index (χ1v) is 8.14. The van der Waals surface area contributed by atoms with Crippen molar-refractivity contribution in [2.45, 2.75) is 20.0 Å². The van der Waals surface area contributed by atoms with E-state index in [-0.39, 0.29) is 6.16 Å². The molecule has 0 aliphatic rings. The average molecular weight is 338 g/mol. The summed E-state index contributed by atoms with van der Waals surface area (Å²) in [5.41, 5.74) is 0.597. The second-order valence-corrected chi connectivity index (χ2v) is 6.30. The molecule has 1 aromatic rings. The minimum atomic E-state index is -3.15. The van der Waals surface area contributed by atoms with Crippen molar-refractivity contribution in [2.24, 2.45) is 0 Å². The Morgan fingerprint density at radius 2 is 1.89 bits per heavy atom. The Kier molecular flexibility index (Phi) is 6.29. The molecule has 0 aliphatic heterocycles. The van der Waals surface area contributed by atoms with E-state index in [1.165, 1.54) is 7.11 Å². The Morgan fingerprint density at radius 1 is 1.28 bits per heavy atom. The highest BCUT2D eigenvalue weighted by molar-refractivity contribution is 9.10. The molecule has 0 aliphatic carbocycles. The standard InChI is InChI=1S/C11H17BrNO4P/c1-4-16-18(14,17-5-2)8-10-9(12)6-7-11(13-10)15-3/h6-7H,4-5,8H2,1-3H3. The molecule has 7 heteroatoms. The van der Waals surface area contributed by atoms with E-state index in [1.807, 2.05) is 0 Å². The van der Waals surface area contributed by atoms with Gasteiger partial charge in [0, 0.05) is 10.5 Å². The SMILES string of the molecule is CCOP(=O)(Cc1nc(OC)ccc1Br)OCC. The van der Waals surface area contributed by atoms with Crippen LogP contribution in [-0.2, 0) is 19.8 Å². The maximum absolute atomic E-state index is 12.4. The third kappa shape index (κ3) is 4.35. The second-order valence-electron chi connectivity index (χ2n) is 3.39. The molecule has 0 bridgehead atoms. The first kappa shape index (κ1) is 15.6. The summed E-state index contributed by atoms with van der Waals surface area (Å²) in [6.07, 6.45) is 0.118. The van der Waals surface area contributed by atoms with Crippen LogP contribution in [-0.4, -0.2) is 25.3 Å². The first-order chi connectivity index (χ1) is 8.54. The van der Waals surface area contributed by atoms with Crippen molar-refractivity contribution in [3.8, 4) is 5.88 Å². The predicted molar refractivity (Wildman–Crippen MR) is 73.1 cm³/mol. The van der Waals surface area contributed by atoms with Gasteiger partial charge in [-0.25, -0.2) is 4.98 Å². The van der Waals surface area contributed by atoms with E-state index in [0.717, 1.165) is 4.47 Å². The van der Waals surface area contributed by atoms with E-state index in [0.29, 0.717) is 24.8 Å². The lowest BCUT2D eigenvalue weighted by Crippen LogP contribution is -2.02. The van der Waals surface area contributed by atoms with Gasteiger partial charge in [0.1, 0.15) is 0 Å². The number of ether oxygens (including phenoxy) is 1. The van der Waals surface area contributed by atoms with Crippen LogP contribution in [0.2, 0.25) is 0 Å². The molecular weight excluding hydrogens is 321 g/mol. The van der Waals surface area contributed by atoms with Crippen LogP contribution in [0.4, 0.5) is 0 Å². The molecular formula is C11H17BrNO4P. The van der Waals surface area contributed by atoms with Crippen LogP contribution in [0.15, 0.2) is 16.6 Å². The monoisotopic (exact) mass is 337 g/mol. The molecule has 0 amide bonds. The number of halogens is 1. The van der Waals surface area contributed by atoms with Gasteiger partial charge in [0.05, 0.1) is 32.2 Å². The van der Waals surface area contributed by atoms with Gasteiger partial charge < -0.3 is 13.8 Å². The predicted octanol–water partition coefficient (Wildman–Crippen LogP) is 3.62. The molecule has 5 nitrogen and oxygen atoms in total. The van der Waals surface area contributed by atoms with Crippen molar-refractivity contribution in [2.75, 3.05) is 20.3 Å². The number of pyridine rings is 1. The lowest BCUT2D eigenvalue weighted by molar-refractivity contribution is 0.219. The Balaban J connectivity index is 2.96. The van der Waals surface area contributed by atoms with Crippen LogP contribution in [0, 0.1) is 0 Å². The van der Waals surface area contributed by atoms with Gasteiger partial charge in [0.25, 0.3) is 0 Å². The molecule has 1 aromatic heterocycles. The Bertz CT molecular complexity index is 431. The molecule has 0 saturated heterocycles. The zero-order valence-electron chi connectivity index (χ0n) is 10.7. The molecule has 18 heavy (non-hydrogen) atoms. The Hall–Kier alpha value is -0.420.